The van der Waals surface area contributed by atoms with Gasteiger partial charge in [-0.05, 0) is 26.0 Å². The maximum atomic E-state index is 12.1. The van der Waals surface area contributed by atoms with E-state index in [9.17, 15) is 19.2 Å². The third kappa shape index (κ3) is 2.24. The lowest BCUT2D eigenvalue weighted by Gasteiger charge is -2.28. The summed E-state index contributed by atoms with van der Waals surface area (Å²) in [7, 11) is 0. The normalized spacial score (nSPS) is 19.4. The summed E-state index contributed by atoms with van der Waals surface area (Å²) >= 11 is 0. The molecular formula is C13H12N2O4. The number of hydrogen-bond donors (Lipinski definition) is 1. The summed E-state index contributed by atoms with van der Waals surface area (Å²) in [4.78, 5) is 47.5. The van der Waals surface area contributed by atoms with Gasteiger partial charge in [0.15, 0.2) is 11.7 Å². The highest BCUT2D eigenvalue weighted by atomic mass is 16.2. The van der Waals surface area contributed by atoms with Crippen molar-refractivity contribution in [3.8, 4) is 0 Å². The highest BCUT2D eigenvalue weighted by Crippen LogP contribution is 2.21. The summed E-state index contributed by atoms with van der Waals surface area (Å²) in [6.07, 6.45) is 0. The Kier molecular flexibility index (Phi) is 3.16. The zero-order valence-corrected chi connectivity index (χ0v) is 10.5. The molecule has 1 atom stereocenters. The van der Waals surface area contributed by atoms with Gasteiger partial charge in [-0.2, -0.15) is 0 Å². The molecular weight excluding hydrogens is 248 g/mol. The Balaban J connectivity index is 2.41. The van der Waals surface area contributed by atoms with Crippen LogP contribution in [-0.2, 0) is 14.4 Å². The minimum absolute atomic E-state index is 0.326. The van der Waals surface area contributed by atoms with Crippen molar-refractivity contribution < 1.29 is 19.2 Å². The van der Waals surface area contributed by atoms with Gasteiger partial charge >= 0.3 is 6.03 Å². The van der Waals surface area contributed by atoms with Crippen LogP contribution in [0.1, 0.15) is 12.5 Å². The van der Waals surface area contributed by atoms with E-state index in [-0.39, 0.29) is 0 Å². The van der Waals surface area contributed by atoms with E-state index in [0.717, 1.165) is 17.4 Å². The SMILES string of the molecule is CC(=O)[C@H]1C(=O)NC(=O)N(c2ccc(C)cc2)C1=O. The summed E-state index contributed by atoms with van der Waals surface area (Å²) in [5.74, 6) is -3.73. The van der Waals surface area contributed by atoms with Crippen LogP contribution >= 0.6 is 0 Å². The minimum Gasteiger partial charge on any atom is -0.299 e. The Morgan fingerprint density at radius 3 is 2.26 bits per heavy atom. The molecule has 0 bridgehead atoms. The molecule has 1 fully saturated rings. The number of barbiturate groups is 1. The molecule has 6 heteroatoms. The van der Waals surface area contributed by atoms with Gasteiger partial charge in [-0.25, -0.2) is 9.69 Å². The third-order valence-electron chi connectivity index (χ3n) is 2.86. The highest BCUT2D eigenvalue weighted by Gasteiger charge is 2.43. The molecule has 0 spiro atoms. The Morgan fingerprint density at radius 2 is 1.74 bits per heavy atom. The van der Waals surface area contributed by atoms with Gasteiger partial charge in [0.05, 0.1) is 5.69 Å². The number of nitrogens with one attached hydrogen (secondary N) is 1. The van der Waals surface area contributed by atoms with Gasteiger partial charge in [0.25, 0.3) is 5.91 Å². The van der Waals surface area contributed by atoms with Gasteiger partial charge in [0.1, 0.15) is 0 Å². The van der Waals surface area contributed by atoms with Crippen LogP contribution < -0.4 is 10.2 Å². The minimum atomic E-state index is -1.46. The molecule has 1 heterocycles. The number of anilines is 1. The average Bonchev–Trinajstić information content (AvgIpc) is 2.30. The topological polar surface area (TPSA) is 83.6 Å². The number of carbonyl (C=O) groups excluding carboxylic acids is 4. The predicted octanol–water partition coefficient (Wildman–Crippen LogP) is 0.783. The number of hydrogen-bond acceptors (Lipinski definition) is 4. The lowest BCUT2D eigenvalue weighted by Crippen LogP contribution is -2.59. The second-order valence-electron chi connectivity index (χ2n) is 4.35. The zero-order valence-electron chi connectivity index (χ0n) is 10.5. The Hall–Kier alpha value is -2.50. The van der Waals surface area contributed by atoms with Gasteiger partial charge in [-0.1, -0.05) is 17.7 Å². The Bertz CT molecular complexity index is 577. The quantitative estimate of drug-likeness (QED) is 0.796. The van der Waals surface area contributed by atoms with Crippen molar-refractivity contribution in [1.82, 2.24) is 5.32 Å². The largest absolute Gasteiger partial charge is 0.335 e. The number of imide groups is 2. The summed E-state index contributed by atoms with van der Waals surface area (Å²) in [6.45, 7) is 3.01. The van der Waals surface area contributed by atoms with E-state index in [1.165, 1.54) is 0 Å². The standard InChI is InChI=1S/C13H12N2O4/c1-7-3-5-9(6-4-7)15-12(18)10(8(2)16)11(17)14-13(15)19/h3-6,10H,1-2H3,(H,14,17,19)/t10-/m0/s1. The van der Waals surface area contributed by atoms with Crippen molar-refractivity contribution in [1.29, 1.82) is 0 Å². The van der Waals surface area contributed by atoms with Crippen molar-refractivity contribution >= 4 is 29.3 Å². The molecule has 1 saturated heterocycles. The number of benzene rings is 1. The van der Waals surface area contributed by atoms with Gasteiger partial charge in [-0.3, -0.25) is 19.7 Å². The van der Waals surface area contributed by atoms with E-state index in [0.29, 0.717) is 5.69 Å². The van der Waals surface area contributed by atoms with E-state index < -0.39 is 29.5 Å². The molecule has 4 amide bonds. The first kappa shape index (κ1) is 12.9. The first-order valence-corrected chi connectivity index (χ1v) is 5.67. The van der Waals surface area contributed by atoms with Gasteiger partial charge in [0.2, 0.25) is 5.91 Å². The lowest BCUT2D eigenvalue weighted by molar-refractivity contribution is -0.140. The van der Waals surface area contributed by atoms with Gasteiger partial charge < -0.3 is 0 Å². The fraction of sp³-hybridized carbons (Fsp3) is 0.231. The molecule has 1 aliphatic heterocycles. The van der Waals surface area contributed by atoms with E-state index in [1.807, 2.05) is 12.2 Å². The number of nitrogens with zero attached hydrogens (tertiary/aromatic N) is 1. The number of carbonyl (C=O) groups is 4. The number of urea groups is 1. The van der Waals surface area contributed by atoms with E-state index in [1.54, 1.807) is 24.3 Å². The zero-order chi connectivity index (χ0) is 14.2. The monoisotopic (exact) mass is 260 g/mol. The second kappa shape index (κ2) is 4.64. The van der Waals surface area contributed by atoms with Crippen LogP contribution in [-0.4, -0.2) is 23.6 Å². The summed E-state index contributed by atoms with van der Waals surface area (Å²) in [5.41, 5.74) is 1.29. The summed E-state index contributed by atoms with van der Waals surface area (Å²) in [6, 6.07) is 5.79. The number of ketones is 1. The van der Waals surface area contributed by atoms with Crippen LogP contribution in [0.2, 0.25) is 0 Å². The smallest absolute Gasteiger partial charge is 0.299 e. The first-order chi connectivity index (χ1) is 8.91. The molecule has 0 radical (unpaired) electrons. The maximum absolute atomic E-state index is 12.1. The summed E-state index contributed by atoms with van der Waals surface area (Å²) in [5, 5.41) is 2.01. The van der Waals surface area contributed by atoms with Crippen LogP contribution in [0.3, 0.4) is 0 Å². The van der Waals surface area contributed by atoms with Crippen molar-refractivity contribution in [3.63, 3.8) is 0 Å². The maximum Gasteiger partial charge on any atom is 0.335 e. The average molecular weight is 260 g/mol. The molecule has 6 nitrogen and oxygen atoms in total. The Labute approximate surface area is 109 Å². The lowest BCUT2D eigenvalue weighted by atomic mass is 10.00. The molecule has 2 rings (SSSR count). The van der Waals surface area contributed by atoms with Crippen molar-refractivity contribution in [2.75, 3.05) is 4.90 Å². The fourth-order valence-electron chi connectivity index (χ4n) is 1.87. The summed E-state index contributed by atoms with van der Waals surface area (Å²) < 4.78 is 0. The van der Waals surface area contributed by atoms with Crippen LogP contribution in [0, 0.1) is 12.8 Å². The van der Waals surface area contributed by atoms with Crippen molar-refractivity contribution in [3.05, 3.63) is 29.8 Å². The number of aryl methyl sites for hydroxylation is 1. The van der Waals surface area contributed by atoms with Crippen LogP contribution in [0.4, 0.5) is 10.5 Å². The molecule has 0 aromatic heterocycles. The molecule has 1 aromatic carbocycles. The number of rotatable bonds is 2. The fourth-order valence-corrected chi connectivity index (χ4v) is 1.87. The molecule has 1 aliphatic rings. The van der Waals surface area contributed by atoms with Gasteiger partial charge in [0, 0.05) is 0 Å². The highest BCUT2D eigenvalue weighted by molar-refractivity contribution is 6.34. The van der Waals surface area contributed by atoms with Crippen LogP contribution in [0.15, 0.2) is 24.3 Å². The molecule has 0 aliphatic carbocycles. The molecule has 98 valence electrons. The van der Waals surface area contributed by atoms with Crippen LogP contribution in [0.5, 0.6) is 0 Å². The number of amides is 4. The van der Waals surface area contributed by atoms with E-state index in [4.69, 9.17) is 0 Å². The molecule has 1 N–H and O–H groups in total. The predicted molar refractivity (Wildman–Crippen MR) is 66.4 cm³/mol. The molecule has 19 heavy (non-hydrogen) atoms. The van der Waals surface area contributed by atoms with E-state index >= 15 is 0 Å². The first-order valence-electron chi connectivity index (χ1n) is 5.67. The van der Waals surface area contributed by atoms with Crippen molar-refractivity contribution in [2.45, 2.75) is 13.8 Å². The third-order valence-corrected chi connectivity index (χ3v) is 2.86. The van der Waals surface area contributed by atoms with Gasteiger partial charge in [-0.15, -0.1) is 0 Å². The number of Topliss-reactive ketones (excluding diaryl/α,β-unsaturated/α-hetero) is 1. The van der Waals surface area contributed by atoms with Crippen LogP contribution in [0.25, 0.3) is 0 Å². The van der Waals surface area contributed by atoms with E-state index in [2.05, 4.69) is 0 Å². The second-order valence-corrected chi connectivity index (χ2v) is 4.35. The van der Waals surface area contributed by atoms with Crippen molar-refractivity contribution in [2.24, 2.45) is 5.92 Å². The molecule has 0 saturated carbocycles. The molecule has 1 aromatic rings. The Morgan fingerprint density at radius 1 is 1.16 bits per heavy atom. The molecule has 0 unspecified atom stereocenters.